The van der Waals surface area contributed by atoms with Crippen molar-refractivity contribution in [3.8, 4) is 0 Å². The fourth-order valence-corrected chi connectivity index (χ4v) is 3.97. The summed E-state index contributed by atoms with van der Waals surface area (Å²) in [6.45, 7) is 0. The van der Waals surface area contributed by atoms with Crippen LogP contribution in [0.4, 0.5) is 5.69 Å². The van der Waals surface area contributed by atoms with Gasteiger partial charge in [-0.05, 0) is 34.7 Å². The quantitative estimate of drug-likeness (QED) is 0.455. The molecule has 90 valence electrons. The van der Waals surface area contributed by atoms with Crippen LogP contribution in [-0.4, -0.2) is 16.8 Å². The second-order valence-corrected chi connectivity index (χ2v) is 7.07. The summed E-state index contributed by atoms with van der Waals surface area (Å²) in [6.07, 6.45) is 0. The third-order valence-electron chi connectivity index (χ3n) is 1.70. The molecule has 0 atom stereocenters. The lowest BCUT2D eigenvalue weighted by molar-refractivity contribution is 0.596. The van der Waals surface area contributed by atoms with E-state index in [4.69, 9.17) is 16.0 Å². The van der Waals surface area contributed by atoms with Crippen molar-refractivity contribution in [3.05, 3.63) is 15.7 Å². The molecule has 10 heteroatoms. The molecule has 1 aromatic rings. The molecule has 0 heterocycles. The first kappa shape index (κ1) is 13.6. The number of hydrogen-bond donors (Lipinski definition) is 3. The predicted octanol–water partition coefficient (Wildman–Crippen LogP) is -0.832. The van der Waals surface area contributed by atoms with Crippen LogP contribution in [0, 0.1) is 3.57 Å². The molecule has 0 radical (unpaired) electrons. The van der Waals surface area contributed by atoms with E-state index in [2.05, 4.69) is 0 Å². The van der Waals surface area contributed by atoms with Crippen LogP contribution in [0.2, 0.25) is 0 Å². The lowest BCUT2D eigenvalue weighted by atomic mass is 10.3. The maximum absolute atomic E-state index is 11.2. The standard InChI is InChI=1S/C6H8IN3O4S2/c7-3-1-2-4(15(9,11)12)5(8)6(3)16(10,13)14/h1-2H,8H2,(H2,9,11,12)(H2,10,13,14). The topological polar surface area (TPSA) is 146 Å². The van der Waals surface area contributed by atoms with E-state index in [9.17, 15) is 16.8 Å². The summed E-state index contributed by atoms with van der Waals surface area (Å²) in [5, 5.41) is 9.80. The molecule has 7 nitrogen and oxygen atoms in total. The number of halogens is 1. The Kier molecular flexibility index (Phi) is 3.50. The van der Waals surface area contributed by atoms with E-state index in [1.54, 1.807) is 22.6 Å². The second-order valence-electron chi connectivity index (χ2n) is 2.88. The molecule has 1 rings (SSSR count). The summed E-state index contributed by atoms with van der Waals surface area (Å²) in [4.78, 5) is -0.892. The number of anilines is 1. The third-order valence-corrected chi connectivity index (χ3v) is 4.94. The molecule has 0 aliphatic rings. The summed E-state index contributed by atoms with van der Waals surface area (Å²) in [6, 6.07) is 2.39. The number of rotatable bonds is 2. The van der Waals surface area contributed by atoms with Crippen LogP contribution >= 0.6 is 22.6 Å². The maximum atomic E-state index is 11.2. The Labute approximate surface area is 106 Å². The average molecular weight is 377 g/mol. The van der Waals surface area contributed by atoms with Crippen molar-refractivity contribution in [2.75, 3.05) is 5.73 Å². The minimum Gasteiger partial charge on any atom is -0.396 e. The fraction of sp³-hybridized carbons (Fsp3) is 0. The molecule has 0 unspecified atom stereocenters. The highest BCUT2D eigenvalue weighted by molar-refractivity contribution is 14.1. The average Bonchev–Trinajstić information content (AvgIpc) is 1.97. The van der Waals surface area contributed by atoms with Crippen LogP contribution in [0.5, 0.6) is 0 Å². The molecule has 0 spiro atoms. The Balaban J connectivity index is 3.79. The zero-order valence-electron chi connectivity index (χ0n) is 7.71. The largest absolute Gasteiger partial charge is 0.396 e. The van der Waals surface area contributed by atoms with Crippen molar-refractivity contribution in [3.63, 3.8) is 0 Å². The number of benzene rings is 1. The number of nitrogen functional groups attached to an aromatic ring is 1. The second kappa shape index (κ2) is 4.10. The molecular formula is C6H8IN3O4S2. The van der Waals surface area contributed by atoms with Crippen LogP contribution in [-0.2, 0) is 20.0 Å². The van der Waals surface area contributed by atoms with Crippen molar-refractivity contribution < 1.29 is 16.8 Å². The highest BCUT2D eigenvalue weighted by atomic mass is 127. The molecule has 0 aromatic heterocycles. The Morgan fingerprint density at radius 1 is 1.00 bits per heavy atom. The first-order chi connectivity index (χ1) is 7.05. The molecule has 16 heavy (non-hydrogen) atoms. The molecule has 0 fully saturated rings. The van der Waals surface area contributed by atoms with Crippen LogP contribution in [0.1, 0.15) is 0 Å². The van der Waals surface area contributed by atoms with Crippen LogP contribution < -0.4 is 16.0 Å². The molecule has 0 saturated carbocycles. The van der Waals surface area contributed by atoms with Gasteiger partial charge in [-0.1, -0.05) is 0 Å². The molecule has 1 aromatic carbocycles. The number of sulfonamides is 2. The summed E-state index contributed by atoms with van der Waals surface area (Å²) in [5.74, 6) is 0. The van der Waals surface area contributed by atoms with Gasteiger partial charge in [0.05, 0.1) is 5.69 Å². The Morgan fingerprint density at radius 3 is 1.88 bits per heavy atom. The van der Waals surface area contributed by atoms with Gasteiger partial charge in [-0.2, -0.15) is 0 Å². The maximum Gasteiger partial charge on any atom is 0.241 e. The van der Waals surface area contributed by atoms with Crippen molar-refractivity contribution in [2.24, 2.45) is 10.3 Å². The normalized spacial score (nSPS) is 12.7. The van der Waals surface area contributed by atoms with E-state index in [1.807, 2.05) is 0 Å². The minimum atomic E-state index is -4.10. The van der Waals surface area contributed by atoms with E-state index >= 15 is 0 Å². The molecular weight excluding hydrogens is 369 g/mol. The monoisotopic (exact) mass is 377 g/mol. The van der Waals surface area contributed by atoms with Gasteiger partial charge in [0.2, 0.25) is 20.0 Å². The minimum absolute atomic E-state index is 0.227. The lowest BCUT2D eigenvalue weighted by Crippen LogP contribution is -2.20. The smallest absolute Gasteiger partial charge is 0.241 e. The summed E-state index contributed by atoms with van der Waals surface area (Å²) >= 11 is 1.68. The Bertz CT molecular complexity index is 638. The summed E-state index contributed by atoms with van der Waals surface area (Å²) < 4.78 is 44.9. The van der Waals surface area contributed by atoms with Gasteiger partial charge in [-0.25, -0.2) is 27.1 Å². The summed E-state index contributed by atoms with van der Waals surface area (Å²) in [5.41, 5.74) is 4.97. The van der Waals surface area contributed by atoms with E-state index < -0.39 is 35.5 Å². The number of primary sulfonamides is 2. The van der Waals surface area contributed by atoms with Crippen LogP contribution in [0.15, 0.2) is 21.9 Å². The van der Waals surface area contributed by atoms with Gasteiger partial charge in [0, 0.05) is 3.57 Å². The third kappa shape index (κ3) is 2.63. The van der Waals surface area contributed by atoms with E-state index in [0.717, 1.165) is 6.07 Å². The fourth-order valence-electron chi connectivity index (χ4n) is 1.09. The Morgan fingerprint density at radius 2 is 1.50 bits per heavy atom. The van der Waals surface area contributed by atoms with Gasteiger partial charge >= 0.3 is 0 Å². The van der Waals surface area contributed by atoms with Crippen molar-refractivity contribution >= 4 is 48.3 Å². The lowest BCUT2D eigenvalue weighted by Gasteiger charge is -2.09. The van der Waals surface area contributed by atoms with E-state index in [0.29, 0.717) is 0 Å². The molecule has 0 aliphatic carbocycles. The molecule has 0 aliphatic heterocycles. The highest BCUT2D eigenvalue weighted by Crippen LogP contribution is 2.29. The summed E-state index contributed by atoms with van der Waals surface area (Å²) in [7, 11) is -8.18. The van der Waals surface area contributed by atoms with Gasteiger partial charge in [-0.3, -0.25) is 0 Å². The van der Waals surface area contributed by atoms with E-state index in [-0.39, 0.29) is 3.57 Å². The van der Waals surface area contributed by atoms with Gasteiger partial charge in [-0.15, -0.1) is 0 Å². The van der Waals surface area contributed by atoms with Crippen LogP contribution in [0.25, 0.3) is 0 Å². The van der Waals surface area contributed by atoms with Crippen molar-refractivity contribution in [1.29, 1.82) is 0 Å². The molecule has 6 N–H and O–H groups in total. The SMILES string of the molecule is Nc1c(S(N)(=O)=O)ccc(I)c1S(N)(=O)=O. The number of nitrogens with two attached hydrogens (primary N) is 3. The molecule has 0 saturated heterocycles. The van der Waals surface area contributed by atoms with Crippen molar-refractivity contribution in [2.45, 2.75) is 9.79 Å². The van der Waals surface area contributed by atoms with Crippen molar-refractivity contribution in [1.82, 2.24) is 0 Å². The highest BCUT2D eigenvalue weighted by Gasteiger charge is 2.23. The first-order valence-corrected chi connectivity index (χ1v) is 7.86. The van der Waals surface area contributed by atoms with Gasteiger partial charge in [0.25, 0.3) is 0 Å². The number of hydrogen-bond acceptors (Lipinski definition) is 5. The zero-order valence-corrected chi connectivity index (χ0v) is 11.5. The Hall–Kier alpha value is -0.430. The zero-order chi connectivity index (χ0) is 12.7. The van der Waals surface area contributed by atoms with Gasteiger partial charge < -0.3 is 5.73 Å². The molecule has 0 amide bonds. The molecule has 0 bridgehead atoms. The van der Waals surface area contributed by atoms with E-state index in [1.165, 1.54) is 6.07 Å². The van der Waals surface area contributed by atoms with Gasteiger partial charge in [0.15, 0.2) is 0 Å². The van der Waals surface area contributed by atoms with Crippen LogP contribution in [0.3, 0.4) is 0 Å². The van der Waals surface area contributed by atoms with Gasteiger partial charge in [0.1, 0.15) is 9.79 Å². The predicted molar refractivity (Wildman–Crippen MR) is 66.3 cm³/mol. The first-order valence-electron chi connectivity index (χ1n) is 3.68.